The lowest BCUT2D eigenvalue weighted by molar-refractivity contribution is -0.135. The van der Waals surface area contributed by atoms with E-state index in [0.717, 1.165) is 11.4 Å². The van der Waals surface area contributed by atoms with Gasteiger partial charge in [-0.3, -0.25) is 4.79 Å². The molecule has 1 unspecified atom stereocenters. The van der Waals surface area contributed by atoms with Crippen molar-refractivity contribution in [3.05, 3.63) is 17.7 Å². The van der Waals surface area contributed by atoms with Crippen molar-refractivity contribution in [3.8, 4) is 0 Å². The lowest BCUT2D eigenvalue weighted by Crippen LogP contribution is -2.58. The number of aromatic amines is 1. The number of nitrogens with one attached hydrogen (secondary N) is 1. The molecule has 1 saturated heterocycles. The van der Waals surface area contributed by atoms with Gasteiger partial charge < -0.3 is 20.7 Å². The minimum atomic E-state index is -3.40. The Morgan fingerprint density at radius 3 is 2.72 bits per heavy atom. The predicted molar refractivity (Wildman–Crippen MR) is 91.0 cm³/mol. The Morgan fingerprint density at radius 1 is 1.44 bits per heavy atom. The van der Waals surface area contributed by atoms with Crippen molar-refractivity contribution in [1.82, 2.24) is 19.2 Å². The van der Waals surface area contributed by atoms with Gasteiger partial charge in [0.2, 0.25) is 15.9 Å². The number of hydrogen-bond donors (Lipinski definition) is 3. The van der Waals surface area contributed by atoms with Crippen molar-refractivity contribution < 1.29 is 18.3 Å². The molecular weight excluding hydrogens is 346 g/mol. The van der Waals surface area contributed by atoms with Crippen LogP contribution in [-0.2, 0) is 26.8 Å². The summed E-state index contributed by atoms with van der Waals surface area (Å²) in [5.74, 6) is -0.156. The number of aliphatic hydroxyl groups excluding tert-OH is 1. The first kappa shape index (κ1) is 18.3. The first-order valence-corrected chi connectivity index (χ1v) is 10.3. The van der Waals surface area contributed by atoms with Crippen LogP contribution in [0.1, 0.15) is 30.7 Å². The Hall–Kier alpha value is -1.49. The van der Waals surface area contributed by atoms with E-state index in [2.05, 4.69) is 9.97 Å². The molecule has 3 heterocycles. The number of amides is 1. The molecule has 0 radical (unpaired) electrons. The molecule has 1 amide bonds. The average Bonchev–Trinajstić information content (AvgIpc) is 3.04. The quantitative estimate of drug-likeness (QED) is 0.606. The highest BCUT2D eigenvalue weighted by Gasteiger charge is 2.50. The van der Waals surface area contributed by atoms with E-state index >= 15 is 0 Å². The van der Waals surface area contributed by atoms with Gasteiger partial charge in [-0.2, -0.15) is 4.31 Å². The van der Waals surface area contributed by atoms with Gasteiger partial charge in [0, 0.05) is 38.3 Å². The summed E-state index contributed by atoms with van der Waals surface area (Å²) in [6.07, 6.45) is 3.56. The van der Waals surface area contributed by atoms with E-state index in [1.54, 1.807) is 15.5 Å². The van der Waals surface area contributed by atoms with Crippen molar-refractivity contribution in [2.75, 3.05) is 32.4 Å². The number of likely N-dealkylation sites (tertiary alicyclic amines) is 1. The zero-order valence-electron chi connectivity index (χ0n) is 14.3. The summed E-state index contributed by atoms with van der Waals surface area (Å²) < 4.78 is 26.2. The lowest BCUT2D eigenvalue weighted by Gasteiger charge is -2.49. The fourth-order valence-electron chi connectivity index (χ4n) is 3.97. The number of carbonyl (C=O) groups is 1. The average molecular weight is 371 g/mol. The monoisotopic (exact) mass is 371 g/mol. The van der Waals surface area contributed by atoms with Gasteiger partial charge in [0.05, 0.1) is 36.3 Å². The van der Waals surface area contributed by atoms with Crippen molar-refractivity contribution in [3.63, 3.8) is 0 Å². The molecule has 1 atom stereocenters. The van der Waals surface area contributed by atoms with Gasteiger partial charge >= 0.3 is 0 Å². The summed E-state index contributed by atoms with van der Waals surface area (Å²) in [5, 5.41) is 9.58. The normalized spacial score (nSPS) is 22.0. The molecular formula is C15H25N5O4S. The van der Waals surface area contributed by atoms with E-state index in [0.29, 0.717) is 38.9 Å². The molecule has 2 aliphatic heterocycles. The number of nitrogens with two attached hydrogens (primary N) is 1. The Labute approximate surface area is 147 Å². The molecule has 0 bridgehead atoms. The number of imidazole rings is 1. The largest absolute Gasteiger partial charge is 0.391 e. The number of fused-ring (bicyclic) bond motifs is 2. The van der Waals surface area contributed by atoms with Crippen molar-refractivity contribution >= 4 is 15.9 Å². The van der Waals surface area contributed by atoms with Gasteiger partial charge in [0.25, 0.3) is 0 Å². The summed E-state index contributed by atoms with van der Waals surface area (Å²) in [7, 11) is -3.40. The van der Waals surface area contributed by atoms with Crippen molar-refractivity contribution in [2.45, 2.75) is 37.3 Å². The third-order valence-electron chi connectivity index (χ3n) is 5.23. The summed E-state index contributed by atoms with van der Waals surface area (Å²) >= 11 is 0. The van der Waals surface area contributed by atoms with E-state index < -0.39 is 21.7 Å². The van der Waals surface area contributed by atoms with Gasteiger partial charge in [-0.1, -0.05) is 0 Å². The van der Waals surface area contributed by atoms with Crippen LogP contribution < -0.4 is 5.73 Å². The number of piperidine rings is 1. The number of aromatic nitrogens is 2. The number of sulfonamides is 1. The second-order valence-electron chi connectivity index (χ2n) is 6.82. The number of H-pyrrole nitrogens is 1. The molecule has 4 N–H and O–H groups in total. The van der Waals surface area contributed by atoms with Gasteiger partial charge in [-0.15, -0.1) is 0 Å². The maximum atomic E-state index is 12.4. The third kappa shape index (κ3) is 3.31. The smallest absolute Gasteiger partial charge is 0.225 e. The molecule has 9 nitrogen and oxygen atoms in total. The Balaban J connectivity index is 1.83. The van der Waals surface area contributed by atoms with Gasteiger partial charge in [-0.25, -0.2) is 13.4 Å². The van der Waals surface area contributed by atoms with Crippen LogP contribution in [0.5, 0.6) is 0 Å². The van der Waals surface area contributed by atoms with Gasteiger partial charge in [-0.05, 0) is 12.8 Å². The van der Waals surface area contributed by atoms with Crippen LogP contribution in [0.2, 0.25) is 0 Å². The molecule has 10 heteroatoms. The van der Waals surface area contributed by atoms with E-state index in [4.69, 9.17) is 5.73 Å². The van der Waals surface area contributed by atoms with Crippen LogP contribution in [0.3, 0.4) is 0 Å². The molecule has 1 fully saturated rings. The van der Waals surface area contributed by atoms with Gasteiger partial charge in [0.15, 0.2) is 0 Å². The lowest BCUT2D eigenvalue weighted by atomic mass is 9.80. The van der Waals surface area contributed by atoms with Crippen LogP contribution >= 0.6 is 0 Å². The molecule has 3 rings (SSSR count). The maximum absolute atomic E-state index is 12.4. The first-order chi connectivity index (χ1) is 11.8. The highest BCUT2D eigenvalue weighted by molar-refractivity contribution is 7.88. The van der Waals surface area contributed by atoms with Gasteiger partial charge in [0.1, 0.15) is 0 Å². The molecule has 1 spiro atoms. The van der Waals surface area contributed by atoms with Crippen molar-refractivity contribution in [2.24, 2.45) is 5.73 Å². The number of hydrogen-bond acceptors (Lipinski definition) is 6. The van der Waals surface area contributed by atoms with Crippen LogP contribution in [0.15, 0.2) is 6.33 Å². The standard InChI is InChI=1S/C15H25N5O4S/c1-25(23,24)20-5-2-12-14(18-10-17-12)15(20)3-6-19(7-4-15)13(22)8-11(21)9-16/h10-11,21H,2-9,16H2,1H3,(H,17,18). The molecule has 0 aliphatic carbocycles. The number of nitrogens with zero attached hydrogens (tertiary/aromatic N) is 3. The minimum absolute atomic E-state index is 0.00700. The summed E-state index contributed by atoms with van der Waals surface area (Å²) in [4.78, 5) is 21.5. The minimum Gasteiger partial charge on any atom is -0.391 e. The number of carbonyl (C=O) groups excluding carboxylic acids is 1. The van der Waals surface area contributed by atoms with E-state index in [1.807, 2.05) is 0 Å². The fraction of sp³-hybridized carbons (Fsp3) is 0.733. The second kappa shape index (κ2) is 6.67. The number of aliphatic hydroxyl groups is 1. The van der Waals surface area contributed by atoms with Crippen LogP contribution in [-0.4, -0.2) is 77.1 Å². The van der Waals surface area contributed by atoms with E-state index in [9.17, 15) is 18.3 Å². The van der Waals surface area contributed by atoms with Crippen LogP contribution in [0.4, 0.5) is 0 Å². The molecule has 1 aromatic rings. The third-order valence-corrected chi connectivity index (χ3v) is 6.56. The first-order valence-electron chi connectivity index (χ1n) is 8.44. The molecule has 0 aromatic carbocycles. The van der Waals surface area contributed by atoms with Crippen LogP contribution in [0.25, 0.3) is 0 Å². The van der Waals surface area contributed by atoms with E-state index in [1.165, 1.54) is 6.26 Å². The highest BCUT2D eigenvalue weighted by Crippen LogP contribution is 2.43. The summed E-state index contributed by atoms with van der Waals surface area (Å²) in [6.45, 7) is 1.30. The highest BCUT2D eigenvalue weighted by atomic mass is 32.2. The topological polar surface area (TPSA) is 133 Å². The molecule has 2 aliphatic rings. The summed E-state index contributed by atoms with van der Waals surface area (Å²) in [5.41, 5.74) is 6.41. The maximum Gasteiger partial charge on any atom is 0.225 e. The summed E-state index contributed by atoms with van der Waals surface area (Å²) in [6, 6.07) is 0. The Bertz CT molecular complexity index is 739. The number of rotatable bonds is 4. The molecule has 1 aromatic heterocycles. The molecule has 140 valence electrons. The molecule has 0 saturated carbocycles. The van der Waals surface area contributed by atoms with Crippen LogP contribution in [0, 0.1) is 0 Å². The Morgan fingerprint density at radius 2 is 2.12 bits per heavy atom. The second-order valence-corrected chi connectivity index (χ2v) is 8.73. The molecule has 25 heavy (non-hydrogen) atoms. The predicted octanol–water partition coefficient (Wildman–Crippen LogP) is -1.25. The fourth-order valence-corrected chi connectivity index (χ4v) is 5.29. The van der Waals surface area contributed by atoms with Crippen molar-refractivity contribution in [1.29, 1.82) is 0 Å². The Kier molecular flexibility index (Phi) is 4.89. The van der Waals surface area contributed by atoms with E-state index in [-0.39, 0.29) is 18.9 Å². The zero-order chi connectivity index (χ0) is 18.2. The SMILES string of the molecule is CS(=O)(=O)N1CCc2[nH]cnc2C12CCN(C(=O)CC(O)CN)CC2. The zero-order valence-corrected chi connectivity index (χ0v) is 15.1.